The third kappa shape index (κ3) is 3.83. The summed E-state index contributed by atoms with van der Waals surface area (Å²) in [6.45, 7) is 3.79. The summed E-state index contributed by atoms with van der Waals surface area (Å²) in [6, 6.07) is 5.85. The predicted octanol–water partition coefficient (Wildman–Crippen LogP) is 2.00. The molecule has 1 N–H and O–H groups in total. The van der Waals surface area contributed by atoms with Gasteiger partial charge in [-0.3, -0.25) is 0 Å². The second kappa shape index (κ2) is 7.47. The Labute approximate surface area is 139 Å². The summed E-state index contributed by atoms with van der Waals surface area (Å²) in [5.41, 5.74) is 1.09. The lowest BCUT2D eigenvalue weighted by atomic mass is 10.2. The number of aromatic nitrogens is 2. The first-order valence-electron chi connectivity index (χ1n) is 7.41. The van der Waals surface area contributed by atoms with Gasteiger partial charge in [-0.2, -0.15) is 9.36 Å². The molecule has 0 aliphatic carbocycles. The third-order valence-electron chi connectivity index (χ3n) is 3.60. The van der Waals surface area contributed by atoms with Gasteiger partial charge in [-0.15, -0.1) is 0 Å². The van der Waals surface area contributed by atoms with Crippen molar-refractivity contribution in [1.29, 1.82) is 0 Å². The Bertz CT molecular complexity index is 643. The quantitative estimate of drug-likeness (QED) is 0.865. The Kier molecular flexibility index (Phi) is 5.14. The van der Waals surface area contributed by atoms with E-state index < -0.39 is 0 Å². The van der Waals surface area contributed by atoms with Crippen molar-refractivity contribution >= 4 is 22.6 Å². The van der Waals surface area contributed by atoms with Crippen LogP contribution in [0.1, 0.15) is 5.56 Å². The van der Waals surface area contributed by atoms with Gasteiger partial charge >= 0.3 is 0 Å². The van der Waals surface area contributed by atoms with Crippen LogP contribution in [-0.2, 0) is 11.3 Å². The van der Waals surface area contributed by atoms with Crippen LogP contribution in [0.5, 0.6) is 11.5 Å². The maximum atomic E-state index is 5.34. The minimum Gasteiger partial charge on any atom is -0.493 e. The summed E-state index contributed by atoms with van der Waals surface area (Å²) in [5, 5.41) is 4.11. The molecule has 3 rings (SSSR count). The molecule has 2 aromatic rings. The Hall–Kier alpha value is -2.06. The normalized spacial score (nSPS) is 14.6. The second-order valence-corrected chi connectivity index (χ2v) is 5.79. The molecule has 1 fully saturated rings. The van der Waals surface area contributed by atoms with Crippen LogP contribution in [0.3, 0.4) is 0 Å². The van der Waals surface area contributed by atoms with E-state index in [2.05, 4.69) is 19.6 Å². The monoisotopic (exact) mass is 336 g/mol. The lowest BCUT2D eigenvalue weighted by Gasteiger charge is -2.25. The highest BCUT2D eigenvalue weighted by atomic mass is 32.1. The molecule has 0 unspecified atom stereocenters. The zero-order chi connectivity index (χ0) is 16.1. The predicted molar refractivity (Wildman–Crippen MR) is 89.8 cm³/mol. The highest BCUT2D eigenvalue weighted by Gasteiger charge is 2.15. The van der Waals surface area contributed by atoms with Crippen LogP contribution in [0.25, 0.3) is 0 Å². The standard InChI is InChI=1S/C15H20N4O3S/c1-20-12-4-3-11(9-13(12)21-2)10-16-15-17-14(18-23-15)19-5-7-22-8-6-19/h3-4,9H,5-8,10H2,1-2H3,(H,16,17,18). The van der Waals surface area contributed by atoms with E-state index in [0.29, 0.717) is 6.54 Å². The molecule has 0 spiro atoms. The van der Waals surface area contributed by atoms with E-state index in [1.54, 1.807) is 14.2 Å². The van der Waals surface area contributed by atoms with Crippen molar-refractivity contribution in [2.45, 2.75) is 6.54 Å². The molecule has 0 atom stereocenters. The van der Waals surface area contributed by atoms with Gasteiger partial charge in [-0.25, -0.2) is 0 Å². The second-order valence-electron chi connectivity index (χ2n) is 5.04. The van der Waals surface area contributed by atoms with Gasteiger partial charge in [0.1, 0.15) is 0 Å². The van der Waals surface area contributed by atoms with E-state index in [-0.39, 0.29) is 0 Å². The van der Waals surface area contributed by atoms with Gasteiger partial charge in [0.15, 0.2) is 11.5 Å². The highest BCUT2D eigenvalue weighted by molar-refractivity contribution is 7.09. The fourth-order valence-electron chi connectivity index (χ4n) is 2.35. The molecule has 0 bridgehead atoms. The van der Waals surface area contributed by atoms with Crippen LogP contribution in [0.2, 0.25) is 0 Å². The van der Waals surface area contributed by atoms with Crippen LogP contribution < -0.4 is 19.7 Å². The van der Waals surface area contributed by atoms with Crippen molar-refractivity contribution in [3.05, 3.63) is 23.8 Å². The van der Waals surface area contributed by atoms with Crippen molar-refractivity contribution in [1.82, 2.24) is 9.36 Å². The smallest absolute Gasteiger partial charge is 0.239 e. The summed E-state index contributed by atoms with van der Waals surface area (Å²) >= 11 is 1.37. The van der Waals surface area contributed by atoms with Crippen molar-refractivity contribution < 1.29 is 14.2 Å². The molecule has 1 aliphatic rings. The number of methoxy groups -OCH3 is 2. The molecule has 23 heavy (non-hydrogen) atoms. The van der Waals surface area contributed by atoms with Gasteiger partial charge in [0.2, 0.25) is 11.1 Å². The van der Waals surface area contributed by atoms with E-state index in [1.165, 1.54) is 11.5 Å². The average molecular weight is 336 g/mol. The number of morpholine rings is 1. The Morgan fingerprint density at radius 3 is 2.74 bits per heavy atom. The van der Waals surface area contributed by atoms with Crippen LogP contribution in [0.4, 0.5) is 11.1 Å². The Balaban J connectivity index is 1.61. The van der Waals surface area contributed by atoms with Crippen molar-refractivity contribution in [2.24, 2.45) is 0 Å². The fourth-order valence-corrected chi connectivity index (χ4v) is 2.93. The molecule has 124 valence electrons. The van der Waals surface area contributed by atoms with Crippen molar-refractivity contribution in [3.63, 3.8) is 0 Å². The summed E-state index contributed by atoms with van der Waals surface area (Å²) in [4.78, 5) is 6.68. The lowest BCUT2D eigenvalue weighted by molar-refractivity contribution is 0.122. The summed E-state index contributed by atoms with van der Waals surface area (Å²) in [6.07, 6.45) is 0. The number of benzene rings is 1. The average Bonchev–Trinajstić information content (AvgIpc) is 3.09. The molecule has 1 aromatic carbocycles. The van der Waals surface area contributed by atoms with E-state index in [9.17, 15) is 0 Å². The first-order chi connectivity index (χ1) is 11.3. The lowest BCUT2D eigenvalue weighted by Crippen LogP contribution is -2.36. The number of nitrogens with zero attached hydrogens (tertiary/aromatic N) is 3. The molecule has 0 saturated carbocycles. The summed E-state index contributed by atoms with van der Waals surface area (Å²) in [7, 11) is 3.26. The molecular formula is C15H20N4O3S. The van der Waals surface area contributed by atoms with E-state index >= 15 is 0 Å². The first-order valence-corrected chi connectivity index (χ1v) is 8.18. The molecule has 7 nitrogen and oxygen atoms in total. The molecule has 1 aliphatic heterocycles. The van der Waals surface area contributed by atoms with Crippen LogP contribution >= 0.6 is 11.5 Å². The van der Waals surface area contributed by atoms with E-state index in [4.69, 9.17) is 14.2 Å². The highest BCUT2D eigenvalue weighted by Crippen LogP contribution is 2.28. The van der Waals surface area contributed by atoms with Gasteiger partial charge in [-0.1, -0.05) is 6.07 Å². The van der Waals surface area contributed by atoms with Gasteiger partial charge in [-0.05, 0) is 17.7 Å². The van der Waals surface area contributed by atoms with Gasteiger partial charge in [0.05, 0.1) is 27.4 Å². The van der Waals surface area contributed by atoms with E-state index in [1.807, 2.05) is 18.2 Å². The first kappa shape index (κ1) is 15.8. The molecule has 0 amide bonds. The van der Waals surface area contributed by atoms with Gasteiger partial charge in [0.25, 0.3) is 0 Å². The molecular weight excluding hydrogens is 316 g/mol. The molecule has 1 aromatic heterocycles. The Morgan fingerprint density at radius 2 is 2.00 bits per heavy atom. The largest absolute Gasteiger partial charge is 0.493 e. The fraction of sp³-hybridized carbons (Fsp3) is 0.467. The topological polar surface area (TPSA) is 68.7 Å². The van der Waals surface area contributed by atoms with Crippen molar-refractivity contribution in [2.75, 3.05) is 50.7 Å². The minimum atomic E-state index is 0.651. The summed E-state index contributed by atoms with van der Waals surface area (Å²) in [5.74, 6) is 2.22. The third-order valence-corrected chi connectivity index (χ3v) is 4.26. The van der Waals surface area contributed by atoms with Gasteiger partial charge in [0, 0.05) is 31.2 Å². The molecule has 2 heterocycles. The number of hydrogen-bond donors (Lipinski definition) is 1. The van der Waals surface area contributed by atoms with Crippen LogP contribution in [-0.4, -0.2) is 49.9 Å². The number of nitrogens with one attached hydrogen (secondary N) is 1. The molecule has 8 heteroatoms. The molecule has 1 saturated heterocycles. The minimum absolute atomic E-state index is 0.651. The van der Waals surface area contributed by atoms with Crippen molar-refractivity contribution in [3.8, 4) is 11.5 Å². The maximum Gasteiger partial charge on any atom is 0.239 e. The summed E-state index contributed by atoms with van der Waals surface area (Å²) < 4.78 is 20.3. The number of ether oxygens (including phenoxy) is 3. The number of hydrogen-bond acceptors (Lipinski definition) is 8. The zero-order valence-electron chi connectivity index (χ0n) is 13.2. The SMILES string of the molecule is COc1ccc(CNc2nc(N3CCOCC3)ns2)cc1OC. The molecule has 0 radical (unpaired) electrons. The van der Waals surface area contributed by atoms with Crippen LogP contribution in [0.15, 0.2) is 18.2 Å². The zero-order valence-corrected chi connectivity index (χ0v) is 14.1. The Morgan fingerprint density at radius 1 is 1.22 bits per heavy atom. The maximum absolute atomic E-state index is 5.34. The van der Waals surface area contributed by atoms with E-state index in [0.717, 1.165) is 54.4 Å². The van der Waals surface area contributed by atoms with Gasteiger partial charge < -0.3 is 24.4 Å². The number of rotatable bonds is 6. The van der Waals surface area contributed by atoms with Crippen LogP contribution in [0, 0.1) is 0 Å². The number of anilines is 2.